The Hall–Kier alpha value is -3.34. The van der Waals surface area contributed by atoms with E-state index in [1.54, 1.807) is 25.1 Å². The molecule has 0 saturated heterocycles. The second-order valence-electron chi connectivity index (χ2n) is 6.56. The molecule has 162 valence electrons. The number of nitrogens with one attached hydrogen (secondary N) is 3. The average molecular weight is 449 g/mol. The molecule has 0 aliphatic carbocycles. The van der Waals surface area contributed by atoms with Gasteiger partial charge in [0, 0.05) is 22.6 Å². The molecule has 0 bridgehead atoms. The topological polar surface area (TPSA) is 99.8 Å². The van der Waals surface area contributed by atoms with Gasteiger partial charge in [0.1, 0.15) is 12.9 Å². The number of anilines is 1. The van der Waals surface area contributed by atoms with Gasteiger partial charge in [-0.25, -0.2) is 4.98 Å². The first-order valence-electron chi connectivity index (χ1n) is 9.05. The lowest BCUT2D eigenvalue weighted by Crippen LogP contribution is -2.33. The SMILES string of the molecule is Cc1ccc(C(=O)NCC(F)(F)F)cc1NC(=O)c1ccc(CSc2ncn[nH]2)cc1. The normalized spacial score (nSPS) is 11.2. The molecule has 0 radical (unpaired) electrons. The number of thioether (sulfide) groups is 1. The van der Waals surface area contributed by atoms with Gasteiger partial charge in [0.15, 0.2) is 5.16 Å². The van der Waals surface area contributed by atoms with Gasteiger partial charge in [-0.3, -0.25) is 14.7 Å². The number of hydrogen-bond donors (Lipinski definition) is 3. The Morgan fingerprint density at radius 3 is 2.42 bits per heavy atom. The molecule has 0 unspecified atom stereocenters. The molecule has 2 amide bonds. The van der Waals surface area contributed by atoms with E-state index in [1.165, 1.54) is 30.2 Å². The molecule has 1 heterocycles. The number of halogens is 3. The highest BCUT2D eigenvalue weighted by atomic mass is 32.2. The number of H-pyrrole nitrogens is 1. The van der Waals surface area contributed by atoms with Gasteiger partial charge in [0.2, 0.25) is 0 Å². The zero-order chi connectivity index (χ0) is 22.4. The van der Waals surface area contributed by atoms with Crippen LogP contribution in [0, 0.1) is 6.92 Å². The van der Waals surface area contributed by atoms with Gasteiger partial charge >= 0.3 is 6.18 Å². The van der Waals surface area contributed by atoms with E-state index in [1.807, 2.05) is 17.4 Å². The van der Waals surface area contributed by atoms with Crippen LogP contribution in [-0.4, -0.2) is 39.7 Å². The van der Waals surface area contributed by atoms with Gasteiger partial charge in [-0.05, 0) is 42.3 Å². The smallest absolute Gasteiger partial charge is 0.343 e. The molecule has 0 saturated carbocycles. The average Bonchev–Trinajstić information content (AvgIpc) is 3.25. The van der Waals surface area contributed by atoms with Crippen LogP contribution in [0.15, 0.2) is 53.9 Å². The standard InChI is InChI=1S/C20H18F3N5O2S/c1-12-2-5-15(17(29)24-10-20(21,22)23)8-16(12)27-18(30)14-6-3-13(4-7-14)9-31-19-25-11-26-28-19/h2-8,11H,9-10H2,1H3,(H,24,29)(H,27,30)(H,25,26,28). The van der Waals surface area contributed by atoms with Gasteiger partial charge in [0.25, 0.3) is 11.8 Å². The summed E-state index contributed by atoms with van der Waals surface area (Å²) in [7, 11) is 0. The molecule has 0 atom stereocenters. The van der Waals surface area contributed by atoms with E-state index in [9.17, 15) is 22.8 Å². The van der Waals surface area contributed by atoms with Crippen molar-refractivity contribution < 1.29 is 22.8 Å². The number of carbonyl (C=O) groups is 2. The first kappa shape index (κ1) is 22.3. The third-order valence-electron chi connectivity index (χ3n) is 4.18. The minimum atomic E-state index is -4.50. The van der Waals surface area contributed by atoms with Crippen molar-refractivity contribution >= 4 is 29.3 Å². The number of aromatic amines is 1. The number of nitrogens with zero attached hydrogens (tertiary/aromatic N) is 2. The third-order valence-corrected chi connectivity index (χ3v) is 5.13. The summed E-state index contributed by atoms with van der Waals surface area (Å²) in [6, 6.07) is 11.3. The largest absolute Gasteiger partial charge is 0.405 e. The maximum atomic E-state index is 12.6. The number of rotatable bonds is 7. The molecule has 3 rings (SSSR count). The highest BCUT2D eigenvalue weighted by Crippen LogP contribution is 2.21. The number of hydrogen-bond acceptors (Lipinski definition) is 5. The monoisotopic (exact) mass is 449 g/mol. The van der Waals surface area contributed by atoms with Crippen molar-refractivity contribution in [1.29, 1.82) is 0 Å². The minimum absolute atomic E-state index is 0.0185. The van der Waals surface area contributed by atoms with Crippen LogP contribution in [0.3, 0.4) is 0 Å². The predicted molar refractivity (Wildman–Crippen MR) is 110 cm³/mol. The Labute approximate surface area is 179 Å². The fourth-order valence-corrected chi connectivity index (χ4v) is 3.28. The van der Waals surface area contributed by atoms with E-state index in [-0.39, 0.29) is 5.56 Å². The van der Waals surface area contributed by atoms with Crippen LogP contribution < -0.4 is 10.6 Å². The van der Waals surface area contributed by atoms with E-state index in [2.05, 4.69) is 20.5 Å². The van der Waals surface area contributed by atoms with Gasteiger partial charge in [-0.15, -0.1) is 0 Å². The number of aryl methyl sites for hydroxylation is 1. The van der Waals surface area contributed by atoms with Gasteiger partial charge in [-0.2, -0.15) is 18.3 Å². The highest BCUT2D eigenvalue weighted by Gasteiger charge is 2.28. The second-order valence-corrected chi connectivity index (χ2v) is 7.52. The van der Waals surface area contributed by atoms with E-state index >= 15 is 0 Å². The molecule has 1 aromatic heterocycles. The minimum Gasteiger partial charge on any atom is -0.343 e. The van der Waals surface area contributed by atoms with Crippen molar-refractivity contribution in [3.8, 4) is 0 Å². The molecular formula is C20H18F3N5O2S. The van der Waals surface area contributed by atoms with Gasteiger partial charge in [-0.1, -0.05) is 30.0 Å². The molecular weight excluding hydrogens is 431 g/mol. The number of carbonyl (C=O) groups excluding carboxylic acids is 2. The molecule has 7 nitrogen and oxygen atoms in total. The van der Waals surface area contributed by atoms with Crippen LogP contribution in [0.1, 0.15) is 31.8 Å². The molecule has 31 heavy (non-hydrogen) atoms. The van der Waals surface area contributed by atoms with Gasteiger partial charge < -0.3 is 10.6 Å². The lowest BCUT2D eigenvalue weighted by molar-refractivity contribution is -0.123. The van der Waals surface area contributed by atoms with Crippen molar-refractivity contribution in [2.45, 2.75) is 24.0 Å². The summed E-state index contributed by atoms with van der Waals surface area (Å²) >= 11 is 1.47. The number of amides is 2. The first-order chi connectivity index (χ1) is 14.7. The van der Waals surface area contributed by atoms with Crippen LogP contribution in [0.4, 0.5) is 18.9 Å². The summed E-state index contributed by atoms with van der Waals surface area (Å²) in [6.07, 6.45) is -3.08. The lowest BCUT2D eigenvalue weighted by Gasteiger charge is -2.12. The van der Waals surface area contributed by atoms with Crippen molar-refractivity contribution in [2.24, 2.45) is 0 Å². The zero-order valence-corrected chi connectivity index (χ0v) is 17.1. The Morgan fingerprint density at radius 2 is 1.77 bits per heavy atom. The highest BCUT2D eigenvalue weighted by molar-refractivity contribution is 7.98. The second kappa shape index (κ2) is 9.65. The lowest BCUT2D eigenvalue weighted by atomic mass is 10.1. The summed E-state index contributed by atoms with van der Waals surface area (Å²) in [5.41, 5.74) is 2.41. The van der Waals surface area contributed by atoms with Crippen LogP contribution in [0.2, 0.25) is 0 Å². The van der Waals surface area contributed by atoms with E-state index in [0.717, 1.165) is 5.56 Å². The fraction of sp³-hybridized carbons (Fsp3) is 0.200. The molecule has 3 N–H and O–H groups in total. The quantitative estimate of drug-likeness (QED) is 0.475. The fourth-order valence-electron chi connectivity index (χ4n) is 2.54. The Bertz CT molecular complexity index is 1050. The Kier molecular flexibility index (Phi) is 6.95. The molecule has 0 fully saturated rings. The first-order valence-corrected chi connectivity index (χ1v) is 10.0. The Morgan fingerprint density at radius 1 is 1.06 bits per heavy atom. The van der Waals surface area contributed by atoms with Crippen molar-refractivity contribution in [3.63, 3.8) is 0 Å². The van der Waals surface area contributed by atoms with Crippen LogP contribution in [0.5, 0.6) is 0 Å². The summed E-state index contributed by atoms with van der Waals surface area (Å²) in [6.45, 7) is 0.291. The van der Waals surface area contributed by atoms with Crippen molar-refractivity contribution in [2.75, 3.05) is 11.9 Å². The van der Waals surface area contributed by atoms with Gasteiger partial charge in [0.05, 0.1) is 0 Å². The number of alkyl halides is 3. The predicted octanol–water partition coefficient (Wildman–Crippen LogP) is 3.95. The summed E-state index contributed by atoms with van der Waals surface area (Å²) in [5.74, 6) is -0.627. The van der Waals surface area contributed by atoms with Crippen LogP contribution >= 0.6 is 11.8 Å². The summed E-state index contributed by atoms with van der Waals surface area (Å²) < 4.78 is 36.9. The summed E-state index contributed by atoms with van der Waals surface area (Å²) in [5, 5.41) is 11.7. The molecule has 11 heteroatoms. The van der Waals surface area contributed by atoms with Crippen molar-refractivity contribution in [3.05, 3.63) is 71.0 Å². The van der Waals surface area contributed by atoms with E-state index in [0.29, 0.717) is 27.7 Å². The van der Waals surface area contributed by atoms with E-state index in [4.69, 9.17) is 0 Å². The van der Waals surface area contributed by atoms with Crippen LogP contribution in [0.25, 0.3) is 0 Å². The molecule has 0 spiro atoms. The third kappa shape index (κ3) is 6.57. The number of aromatic nitrogens is 3. The molecule has 0 aliphatic rings. The van der Waals surface area contributed by atoms with Crippen molar-refractivity contribution in [1.82, 2.24) is 20.5 Å². The maximum Gasteiger partial charge on any atom is 0.405 e. The molecule has 2 aromatic carbocycles. The van der Waals surface area contributed by atoms with E-state index < -0.39 is 24.5 Å². The molecule has 0 aliphatic heterocycles. The number of benzene rings is 2. The van der Waals surface area contributed by atoms with Crippen LogP contribution in [-0.2, 0) is 5.75 Å². The molecule has 3 aromatic rings. The Balaban J connectivity index is 1.63. The zero-order valence-electron chi connectivity index (χ0n) is 16.3. The summed E-state index contributed by atoms with van der Waals surface area (Å²) in [4.78, 5) is 28.6. The maximum absolute atomic E-state index is 12.6.